The monoisotopic (exact) mass is 330 g/mol. The highest BCUT2D eigenvalue weighted by Gasteiger charge is 2.41. The minimum atomic E-state index is -0.580. The fourth-order valence-electron chi connectivity index (χ4n) is 2.97. The van der Waals surface area contributed by atoms with Gasteiger partial charge in [-0.1, -0.05) is 28.8 Å². The quantitative estimate of drug-likeness (QED) is 0.888. The van der Waals surface area contributed by atoms with Crippen LogP contribution in [-0.4, -0.2) is 23.4 Å². The van der Waals surface area contributed by atoms with Gasteiger partial charge in [-0.25, -0.2) is 4.39 Å². The van der Waals surface area contributed by atoms with Crippen LogP contribution in [-0.2, 0) is 11.2 Å². The molecule has 1 saturated carbocycles. The van der Waals surface area contributed by atoms with Crippen molar-refractivity contribution in [1.82, 2.24) is 0 Å². The molecule has 0 heterocycles. The summed E-state index contributed by atoms with van der Waals surface area (Å²) in [6.45, 7) is 2.55. The molecule has 0 radical (unpaired) electrons. The van der Waals surface area contributed by atoms with Crippen molar-refractivity contribution in [3.05, 3.63) is 34.1 Å². The summed E-state index contributed by atoms with van der Waals surface area (Å²) in [6.07, 6.45) is 3.80. The molecule has 19 heavy (non-hydrogen) atoms. The molecule has 1 aromatic rings. The third-order valence-corrected chi connectivity index (χ3v) is 4.30. The van der Waals surface area contributed by atoms with Crippen LogP contribution >= 0.6 is 15.9 Å². The molecule has 0 amide bonds. The molecule has 1 fully saturated rings. The van der Waals surface area contributed by atoms with Crippen molar-refractivity contribution in [2.45, 2.75) is 50.7 Å². The lowest BCUT2D eigenvalue weighted by atomic mass is 9.89. The summed E-state index contributed by atoms with van der Waals surface area (Å²) in [7, 11) is 0. The van der Waals surface area contributed by atoms with E-state index in [0.29, 0.717) is 17.5 Å². The van der Waals surface area contributed by atoms with Crippen LogP contribution in [0.1, 0.15) is 38.2 Å². The lowest BCUT2D eigenvalue weighted by molar-refractivity contribution is -0.115. The van der Waals surface area contributed by atoms with Crippen LogP contribution in [0.2, 0.25) is 0 Å². The summed E-state index contributed by atoms with van der Waals surface area (Å²) in [5, 5.41) is 10.5. The van der Waals surface area contributed by atoms with Crippen molar-refractivity contribution in [3.63, 3.8) is 0 Å². The van der Waals surface area contributed by atoms with Crippen LogP contribution in [0.3, 0.4) is 0 Å². The van der Waals surface area contributed by atoms with E-state index in [0.717, 1.165) is 31.2 Å². The van der Waals surface area contributed by atoms with Crippen molar-refractivity contribution in [1.29, 1.82) is 0 Å². The molecule has 1 aliphatic carbocycles. The summed E-state index contributed by atoms with van der Waals surface area (Å²) in [5.41, 5.74) is 0.360. The molecule has 0 aromatic heterocycles. The Balaban J connectivity index is 2.12. The number of aliphatic hydroxyl groups is 1. The van der Waals surface area contributed by atoms with E-state index in [1.807, 2.05) is 13.0 Å². The maximum atomic E-state index is 13.4. The van der Waals surface area contributed by atoms with E-state index >= 15 is 0 Å². The number of hydrogen-bond acceptors (Lipinski definition) is 2. The van der Waals surface area contributed by atoms with Crippen LogP contribution in [0.5, 0.6) is 0 Å². The van der Waals surface area contributed by atoms with Gasteiger partial charge in [0.15, 0.2) is 0 Å². The number of aliphatic hydroxyl groups excluding tert-OH is 1. The summed E-state index contributed by atoms with van der Waals surface area (Å²) in [4.78, 5) is 0. The van der Waals surface area contributed by atoms with Gasteiger partial charge < -0.3 is 9.84 Å². The molecule has 1 N–H and O–H groups in total. The molecule has 0 saturated heterocycles. The van der Waals surface area contributed by atoms with Gasteiger partial charge in [0.2, 0.25) is 0 Å². The fraction of sp³-hybridized carbons (Fsp3) is 0.600. The molecule has 2 rings (SSSR count). The maximum absolute atomic E-state index is 13.4. The molecule has 1 atom stereocenters. The zero-order valence-electron chi connectivity index (χ0n) is 11.2. The van der Waals surface area contributed by atoms with Gasteiger partial charge in [0, 0.05) is 17.5 Å². The number of benzene rings is 1. The molecule has 0 bridgehead atoms. The first-order valence-corrected chi connectivity index (χ1v) is 7.62. The zero-order chi connectivity index (χ0) is 13.9. The minimum Gasteiger partial charge on any atom is -0.390 e. The van der Waals surface area contributed by atoms with Gasteiger partial charge >= 0.3 is 0 Å². The van der Waals surface area contributed by atoms with Crippen molar-refractivity contribution in [2.24, 2.45) is 0 Å². The molecular formula is C15H20BrFO2. The van der Waals surface area contributed by atoms with Gasteiger partial charge in [-0.05, 0) is 43.5 Å². The Hall–Kier alpha value is -0.450. The standard InChI is InChI=1S/C15H20BrFO2/c1-2-19-15(5-3-4-6-15)14(18)9-11-7-12(16)10-13(17)8-11/h7-8,10,14,18H,2-6,9H2,1H3. The highest BCUT2D eigenvalue weighted by molar-refractivity contribution is 9.10. The van der Waals surface area contributed by atoms with Gasteiger partial charge in [-0.15, -0.1) is 0 Å². The third kappa shape index (κ3) is 3.56. The first kappa shape index (κ1) is 14.9. The molecule has 2 nitrogen and oxygen atoms in total. The maximum Gasteiger partial charge on any atom is 0.124 e. The van der Waals surface area contributed by atoms with Gasteiger partial charge in [-0.2, -0.15) is 0 Å². The Labute approximate surface area is 122 Å². The Morgan fingerprint density at radius 2 is 2.05 bits per heavy atom. The molecule has 0 spiro atoms. The molecule has 0 aliphatic heterocycles. The van der Waals surface area contributed by atoms with Crippen molar-refractivity contribution in [2.75, 3.05) is 6.61 Å². The molecule has 106 valence electrons. The first-order valence-electron chi connectivity index (χ1n) is 6.83. The fourth-order valence-corrected chi connectivity index (χ4v) is 3.49. The van der Waals surface area contributed by atoms with E-state index in [1.165, 1.54) is 12.1 Å². The highest BCUT2D eigenvalue weighted by Crippen LogP contribution is 2.37. The lowest BCUT2D eigenvalue weighted by Gasteiger charge is -2.34. The smallest absolute Gasteiger partial charge is 0.124 e. The second kappa shape index (κ2) is 6.33. The van der Waals surface area contributed by atoms with Crippen molar-refractivity contribution in [3.8, 4) is 0 Å². The SMILES string of the molecule is CCOC1(C(O)Cc2cc(F)cc(Br)c2)CCCC1. The Kier molecular flexibility index (Phi) is 4.98. The molecule has 4 heteroatoms. The summed E-state index contributed by atoms with van der Waals surface area (Å²) in [6, 6.07) is 4.74. The summed E-state index contributed by atoms with van der Waals surface area (Å²) >= 11 is 3.28. The number of hydrogen-bond donors (Lipinski definition) is 1. The van der Waals surface area contributed by atoms with Crippen LogP contribution < -0.4 is 0 Å². The van der Waals surface area contributed by atoms with Gasteiger partial charge in [0.1, 0.15) is 5.82 Å². The van der Waals surface area contributed by atoms with E-state index in [4.69, 9.17) is 4.74 Å². The largest absolute Gasteiger partial charge is 0.390 e. The van der Waals surface area contributed by atoms with E-state index in [9.17, 15) is 9.50 Å². The lowest BCUT2D eigenvalue weighted by Crippen LogP contribution is -2.43. The molecular weight excluding hydrogens is 311 g/mol. The van der Waals surface area contributed by atoms with Crippen LogP contribution in [0.25, 0.3) is 0 Å². The number of ether oxygens (including phenoxy) is 1. The van der Waals surface area contributed by atoms with Crippen molar-refractivity contribution >= 4 is 15.9 Å². The van der Waals surface area contributed by atoms with E-state index < -0.39 is 11.7 Å². The Bertz CT molecular complexity index is 410. The normalized spacial score (nSPS) is 19.6. The molecule has 1 aliphatic rings. The predicted molar refractivity (Wildman–Crippen MR) is 76.6 cm³/mol. The van der Waals surface area contributed by atoms with Crippen LogP contribution in [0.15, 0.2) is 22.7 Å². The number of rotatable bonds is 5. The second-order valence-electron chi connectivity index (χ2n) is 5.20. The van der Waals surface area contributed by atoms with E-state index in [-0.39, 0.29) is 5.82 Å². The molecule has 1 unspecified atom stereocenters. The predicted octanol–water partition coefficient (Wildman–Crippen LogP) is 3.84. The van der Waals surface area contributed by atoms with Gasteiger partial charge in [-0.3, -0.25) is 0 Å². The zero-order valence-corrected chi connectivity index (χ0v) is 12.7. The topological polar surface area (TPSA) is 29.5 Å². The van der Waals surface area contributed by atoms with E-state index in [1.54, 1.807) is 0 Å². The third-order valence-electron chi connectivity index (χ3n) is 3.84. The van der Waals surface area contributed by atoms with Crippen LogP contribution in [0.4, 0.5) is 4.39 Å². The van der Waals surface area contributed by atoms with Crippen molar-refractivity contribution < 1.29 is 14.2 Å². The van der Waals surface area contributed by atoms with Crippen LogP contribution in [0, 0.1) is 5.82 Å². The highest BCUT2D eigenvalue weighted by atomic mass is 79.9. The van der Waals surface area contributed by atoms with Gasteiger partial charge in [0.25, 0.3) is 0 Å². The Morgan fingerprint density at radius 1 is 1.37 bits per heavy atom. The second-order valence-corrected chi connectivity index (χ2v) is 6.12. The van der Waals surface area contributed by atoms with Gasteiger partial charge in [0.05, 0.1) is 11.7 Å². The summed E-state index contributed by atoms with van der Waals surface area (Å²) in [5.74, 6) is -0.284. The first-order chi connectivity index (χ1) is 9.05. The average Bonchev–Trinajstić information content (AvgIpc) is 2.78. The van der Waals surface area contributed by atoms with E-state index in [2.05, 4.69) is 15.9 Å². The molecule has 1 aromatic carbocycles. The Morgan fingerprint density at radius 3 is 2.63 bits per heavy atom. The minimum absolute atomic E-state index is 0.284. The number of halogens is 2. The summed E-state index contributed by atoms with van der Waals surface area (Å²) < 4.78 is 19.9. The average molecular weight is 331 g/mol.